The van der Waals surface area contributed by atoms with Gasteiger partial charge in [0.25, 0.3) is 5.91 Å². The average molecular weight is 295 g/mol. The summed E-state index contributed by atoms with van der Waals surface area (Å²) in [4.78, 5) is 14.9. The first-order chi connectivity index (χ1) is 9.15. The minimum absolute atomic E-state index is 0. The van der Waals surface area contributed by atoms with Gasteiger partial charge in [0.15, 0.2) is 0 Å². The van der Waals surface area contributed by atoms with Crippen LogP contribution < -0.4 is 5.32 Å². The Bertz CT molecular complexity index is 495. The van der Waals surface area contributed by atoms with E-state index in [9.17, 15) is 4.79 Å². The molecule has 3 heterocycles. The molecule has 3 nitrogen and oxygen atoms in total. The van der Waals surface area contributed by atoms with Gasteiger partial charge in [0, 0.05) is 18.2 Å². The highest BCUT2D eigenvalue weighted by Crippen LogP contribution is 2.27. The van der Waals surface area contributed by atoms with Gasteiger partial charge in [-0.3, -0.25) is 4.79 Å². The third-order valence-corrected chi connectivity index (χ3v) is 4.82. The Morgan fingerprint density at radius 1 is 1.25 bits per heavy atom. The number of piperidine rings is 3. The van der Waals surface area contributed by atoms with Crippen LogP contribution >= 0.6 is 12.4 Å². The molecule has 1 aromatic carbocycles. The van der Waals surface area contributed by atoms with Gasteiger partial charge in [-0.2, -0.15) is 0 Å². The maximum Gasteiger partial charge on any atom is 0.251 e. The smallest absolute Gasteiger partial charge is 0.251 e. The van der Waals surface area contributed by atoms with Crippen LogP contribution in [0.25, 0.3) is 0 Å². The van der Waals surface area contributed by atoms with Gasteiger partial charge in [0.05, 0.1) is 0 Å². The van der Waals surface area contributed by atoms with Gasteiger partial charge < -0.3 is 10.2 Å². The molecule has 1 amide bonds. The standard InChI is InChI=1S/C16H22N2O.ClH/c1-11-4-3-5-14(12(11)2)16(19)17-15-10-18-8-6-13(15)7-9-18;/h3-5,13,15H,6-10H2,1-2H3,(H,17,19);1H. The topological polar surface area (TPSA) is 32.3 Å². The highest BCUT2D eigenvalue weighted by Gasteiger charge is 2.35. The van der Waals surface area contributed by atoms with Crippen molar-refractivity contribution in [1.82, 2.24) is 10.2 Å². The summed E-state index contributed by atoms with van der Waals surface area (Å²) >= 11 is 0. The molecule has 3 aliphatic rings. The third-order valence-electron chi connectivity index (χ3n) is 4.82. The van der Waals surface area contributed by atoms with E-state index in [0.717, 1.165) is 17.7 Å². The molecule has 20 heavy (non-hydrogen) atoms. The van der Waals surface area contributed by atoms with Crippen molar-refractivity contribution in [1.29, 1.82) is 0 Å². The van der Waals surface area contributed by atoms with Crippen LogP contribution in [-0.4, -0.2) is 36.5 Å². The molecule has 1 unspecified atom stereocenters. The fraction of sp³-hybridized carbons (Fsp3) is 0.562. The van der Waals surface area contributed by atoms with E-state index in [2.05, 4.69) is 23.2 Å². The summed E-state index contributed by atoms with van der Waals surface area (Å²) in [6, 6.07) is 6.29. The van der Waals surface area contributed by atoms with E-state index in [1.807, 2.05) is 19.1 Å². The molecule has 1 atom stereocenters. The first-order valence-electron chi connectivity index (χ1n) is 7.24. The van der Waals surface area contributed by atoms with Crippen molar-refractivity contribution in [3.05, 3.63) is 34.9 Å². The molecule has 4 rings (SSSR count). The fourth-order valence-electron chi connectivity index (χ4n) is 3.37. The van der Waals surface area contributed by atoms with Gasteiger partial charge in [-0.05, 0) is 62.9 Å². The van der Waals surface area contributed by atoms with Gasteiger partial charge >= 0.3 is 0 Å². The average Bonchev–Trinajstić information content (AvgIpc) is 2.43. The summed E-state index contributed by atoms with van der Waals surface area (Å²) in [6.07, 6.45) is 2.47. The third kappa shape index (κ3) is 2.84. The molecule has 3 aliphatic heterocycles. The van der Waals surface area contributed by atoms with E-state index in [1.54, 1.807) is 0 Å². The number of carbonyl (C=O) groups excluding carboxylic acids is 1. The lowest BCUT2D eigenvalue weighted by Gasteiger charge is -2.45. The number of carbonyl (C=O) groups is 1. The number of nitrogens with zero attached hydrogens (tertiary/aromatic N) is 1. The van der Waals surface area contributed by atoms with E-state index in [0.29, 0.717) is 12.0 Å². The zero-order valence-corrected chi connectivity index (χ0v) is 13.0. The Labute approximate surface area is 127 Å². The van der Waals surface area contributed by atoms with Gasteiger partial charge in [0.2, 0.25) is 0 Å². The Kier molecular flexibility index (Phi) is 4.71. The molecule has 1 aromatic rings. The van der Waals surface area contributed by atoms with Crippen LogP contribution in [0.5, 0.6) is 0 Å². The number of hydrogen-bond donors (Lipinski definition) is 1. The maximum atomic E-state index is 12.4. The van der Waals surface area contributed by atoms with Crippen molar-refractivity contribution in [3.63, 3.8) is 0 Å². The monoisotopic (exact) mass is 294 g/mol. The number of fused-ring (bicyclic) bond motifs is 3. The van der Waals surface area contributed by atoms with Crippen LogP contribution in [0.15, 0.2) is 18.2 Å². The largest absolute Gasteiger partial charge is 0.348 e. The lowest BCUT2D eigenvalue weighted by atomic mass is 9.84. The highest BCUT2D eigenvalue weighted by atomic mass is 35.5. The number of nitrogens with one attached hydrogen (secondary N) is 1. The maximum absolute atomic E-state index is 12.4. The summed E-state index contributed by atoms with van der Waals surface area (Å²) < 4.78 is 0. The summed E-state index contributed by atoms with van der Waals surface area (Å²) in [5.74, 6) is 0.777. The Morgan fingerprint density at radius 2 is 1.95 bits per heavy atom. The first-order valence-corrected chi connectivity index (χ1v) is 7.24. The Balaban J connectivity index is 0.00000147. The lowest BCUT2D eigenvalue weighted by molar-refractivity contribution is 0.0620. The van der Waals surface area contributed by atoms with Crippen LogP contribution in [0.3, 0.4) is 0 Å². The molecule has 0 aliphatic carbocycles. The van der Waals surface area contributed by atoms with E-state index in [1.165, 1.54) is 31.5 Å². The SMILES string of the molecule is Cc1cccc(C(=O)NC2CN3CCC2CC3)c1C.Cl. The van der Waals surface area contributed by atoms with Crippen molar-refractivity contribution in [2.75, 3.05) is 19.6 Å². The second-order valence-corrected chi connectivity index (χ2v) is 5.97. The molecule has 3 saturated heterocycles. The van der Waals surface area contributed by atoms with Gasteiger partial charge in [-0.1, -0.05) is 12.1 Å². The van der Waals surface area contributed by atoms with Crippen molar-refractivity contribution >= 4 is 18.3 Å². The molecule has 0 saturated carbocycles. The van der Waals surface area contributed by atoms with Crippen LogP contribution in [-0.2, 0) is 0 Å². The number of halogens is 1. The minimum atomic E-state index is 0. The van der Waals surface area contributed by atoms with Crippen molar-refractivity contribution in [2.24, 2.45) is 5.92 Å². The molecular formula is C16H23ClN2O. The molecule has 2 bridgehead atoms. The summed E-state index contributed by atoms with van der Waals surface area (Å²) in [7, 11) is 0. The zero-order chi connectivity index (χ0) is 13.4. The zero-order valence-electron chi connectivity index (χ0n) is 12.2. The quantitative estimate of drug-likeness (QED) is 0.909. The van der Waals surface area contributed by atoms with Crippen molar-refractivity contribution in [2.45, 2.75) is 32.7 Å². The fourth-order valence-corrected chi connectivity index (χ4v) is 3.37. The second-order valence-electron chi connectivity index (χ2n) is 5.97. The molecule has 0 radical (unpaired) electrons. The first kappa shape index (κ1) is 15.3. The van der Waals surface area contributed by atoms with E-state index in [-0.39, 0.29) is 18.3 Å². The lowest BCUT2D eigenvalue weighted by Crippen LogP contribution is -2.57. The predicted octanol–water partition coefficient (Wildman–Crippen LogP) is 2.55. The molecule has 1 N–H and O–H groups in total. The van der Waals surface area contributed by atoms with Crippen LogP contribution in [0.2, 0.25) is 0 Å². The van der Waals surface area contributed by atoms with Crippen LogP contribution in [0, 0.1) is 19.8 Å². The van der Waals surface area contributed by atoms with Gasteiger partial charge in [-0.15, -0.1) is 12.4 Å². The highest BCUT2D eigenvalue weighted by molar-refractivity contribution is 5.96. The molecule has 4 heteroatoms. The Hall–Kier alpha value is -1.06. The van der Waals surface area contributed by atoms with Gasteiger partial charge in [-0.25, -0.2) is 0 Å². The summed E-state index contributed by atoms with van der Waals surface area (Å²) in [5.41, 5.74) is 3.11. The second kappa shape index (κ2) is 6.15. The molecular weight excluding hydrogens is 272 g/mol. The molecule has 0 spiro atoms. The van der Waals surface area contributed by atoms with Crippen molar-refractivity contribution < 1.29 is 4.79 Å². The summed E-state index contributed by atoms with van der Waals surface area (Å²) in [6.45, 7) is 7.53. The number of rotatable bonds is 2. The minimum Gasteiger partial charge on any atom is -0.348 e. The molecule has 3 fully saturated rings. The normalized spacial score (nSPS) is 27.8. The van der Waals surface area contributed by atoms with Gasteiger partial charge in [0.1, 0.15) is 0 Å². The van der Waals surface area contributed by atoms with E-state index in [4.69, 9.17) is 0 Å². The van der Waals surface area contributed by atoms with E-state index < -0.39 is 0 Å². The Morgan fingerprint density at radius 3 is 2.55 bits per heavy atom. The molecule has 110 valence electrons. The number of benzene rings is 1. The molecule has 0 aromatic heterocycles. The summed E-state index contributed by atoms with van der Waals surface area (Å²) in [5, 5.41) is 3.25. The van der Waals surface area contributed by atoms with Crippen LogP contribution in [0.1, 0.15) is 34.3 Å². The van der Waals surface area contributed by atoms with Crippen molar-refractivity contribution in [3.8, 4) is 0 Å². The predicted molar refractivity (Wildman–Crippen MR) is 83.6 cm³/mol. The number of aryl methyl sites for hydroxylation is 1. The van der Waals surface area contributed by atoms with E-state index >= 15 is 0 Å². The number of hydrogen-bond acceptors (Lipinski definition) is 2. The number of amides is 1. The van der Waals surface area contributed by atoms with Crippen LogP contribution in [0.4, 0.5) is 0 Å².